The smallest absolute Gasteiger partial charge is 0.0964 e. The van der Waals surface area contributed by atoms with Crippen LogP contribution in [0, 0.1) is 11.3 Å². The average molecular weight is 322 g/mol. The molecule has 0 amide bonds. The second kappa shape index (κ2) is 8.25. The van der Waals surface area contributed by atoms with Gasteiger partial charge in [-0.05, 0) is 50.6 Å². The monoisotopic (exact) mass is 321 g/mol. The Balaban J connectivity index is 1.71. The molecule has 5 nitrogen and oxygen atoms in total. The van der Waals surface area contributed by atoms with Crippen molar-refractivity contribution in [3.8, 4) is 0 Å². The number of rotatable bonds is 7. The highest BCUT2D eigenvalue weighted by Crippen LogP contribution is 2.27. The first-order chi connectivity index (χ1) is 10.9. The van der Waals surface area contributed by atoms with E-state index < -0.39 is 0 Å². The summed E-state index contributed by atoms with van der Waals surface area (Å²) in [7, 11) is 1.94. The molecule has 0 spiro atoms. The molecule has 23 heavy (non-hydrogen) atoms. The topological polar surface area (TPSA) is 46.0 Å². The van der Waals surface area contributed by atoms with Crippen LogP contribution < -0.4 is 5.32 Å². The number of hydrogen-bond acceptors (Lipinski definition) is 4. The maximum absolute atomic E-state index is 4.31. The summed E-state index contributed by atoms with van der Waals surface area (Å²) < 4.78 is 2.08. The largest absolute Gasteiger partial charge is 0.314 e. The minimum Gasteiger partial charge on any atom is -0.314 e. The predicted molar refractivity (Wildman–Crippen MR) is 95.3 cm³/mol. The lowest BCUT2D eigenvalue weighted by Crippen LogP contribution is -2.36. The quantitative estimate of drug-likeness (QED) is 0.838. The molecule has 1 N–H and O–H groups in total. The van der Waals surface area contributed by atoms with Crippen molar-refractivity contribution in [2.24, 2.45) is 11.3 Å². The zero-order chi connectivity index (χ0) is 16.9. The van der Waals surface area contributed by atoms with Crippen molar-refractivity contribution in [1.29, 1.82) is 0 Å². The van der Waals surface area contributed by atoms with Gasteiger partial charge in [-0.15, -0.1) is 5.10 Å². The highest BCUT2D eigenvalue weighted by molar-refractivity contribution is 4.93. The molecule has 0 aliphatic carbocycles. The Kier molecular flexibility index (Phi) is 6.60. The number of aromatic nitrogens is 3. The Morgan fingerprint density at radius 2 is 2.00 bits per heavy atom. The number of likely N-dealkylation sites (tertiary alicyclic amines) is 1. The van der Waals surface area contributed by atoms with Crippen molar-refractivity contribution in [2.75, 3.05) is 26.7 Å². The van der Waals surface area contributed by atoms with Crippen molar-refractivity contribution >= 4 is 0 Å². The molecule has 0 aromatic carbocycles. The number of nitrogens with zero attached hydrogens (tertiary/aromatic N) is 4. The van der Waals surface area contributed by atoms with E-state index in [0.29, 0.717) is 11.5 Å². The van der Waals surface area contributed by atoms with Crippen LogP contribution in [0.2, 0.25) is 0 Å². The molecule has 1 atom stereocenters. The van der Waals surface area contributed by atoms with Gasteiger partial charge in [0.2, 0.25) is 0 Å². The van der Waals surface area contributed by atoms with Crippen molar-refractivity contribution in [2.45, 2.75) is 66.0 Å². The fourth-order valence-corrected chi connectivity index (χ4v) is 3.71. The zero-order valence-corrected chi connectivity index (χ0v) is 15.7. The minimum absolute atomic E-state index is 0.449. The molecule has 1 saturated heterocycles. The van der Waals surface area contributed by atoms with Crippen LogP contribution in [0.3, 0.4) is 0 Å². The summed E-state index contributed by atoms with van der Waals surface area (Å²) in [5, 5.41) is 11.7. The molecule has 1 fully saturated rings. The van der Waals surface area contributed by atoms with E-state index in [9.17, 15) is 0 Å². The fraction of sp³-hybridized carbons (Fsp3) is 0.889. The van der Waals surface area contributed by atoms with Crippen molar-refractivity contribution in [1.82, 2.24) is 25.2 Å². The van der Waals surface area contributed by atoms with Crippen LogP contribution in [-0.2, 0) is 6.54 Å². The number of piperidine rings is 1. The Labute approximate surface area is 141 Å². The maximum Gasteiger partial charge on any atom is 0.0964 e. The summed E-state index contributed by atoms with van der Waals surface area (Å²) in [6.07, 6.45) is 7.11. The highest BCUT2D eigenvalue weighted by atomic mass is 15.4. The van der Waals surface area contributed by atoms with Gasteiger partial charge in [-0.2, -0.15) is 0 Å². The SMILES string of the molecule is CNCc1cn(C2CCN(CCC(C)CC(C)(C)C)CC2)nn1. The van der Waals surface area contributed by atoms with E-state index in [0.717, 1.165) is 18.2 Å². The lowest BCUT2D eigenvalue weighted by molar-refractivity contribution is 0.164. The molecule has 132 valence electrons. The van der Waals surface area contributed by atoms with Gasteiger partial charge in [0.25, 0.3) is 0 Å². The summed E-state index contributed by atoms with van der Waals surface area (Å²) in [6.45, 7) is 13.8. The molecule has 2 rings (SSSR count). The molecule has 2 heterocycles. The molecule has 1 aliphatic rings. The van der Waals surface area contributed by atoms with Crippen LogP contribution in [0.4, 0.5) is 0 Å². The molecule has 1 aromatic rings. The first kappa shape index (κ1) is 18.4. The van der Waals surface area contributed by atoms with Gasteiger partial charge in [0.15, 0.2) is 0 Å². The van der Waals surface area contributed by atoms with Gasteiger partial charge in [0.1, 0.15) is 0 Å². The summed E-state index contributed by atoms with van der Waals surface area (Å²) in [5.74, 6) is 0.812. The zero-order valence-electron chi connectivity index (χ0n) is 15.7. The van der Waals surface area contributed by atoms with Crippen LogP contribution in [0.25, 0.3) is 0 Å². The van der Waals surface area contributed by atoms with E-state index in [1.54, 1.807) is 0 Å². The average Bonchev–Trinajstić information content (AvgIpc) is 2.93. The maximum atomic E-state index is 4.31. The molecular formula is C18H35N5. The number of hydrogen-bond donors (Lipinski definition) is 1. The molecule has 1 aliphatic heterocycles. The molecule has 5 heteroatoms. The standard InChI is InChI=1S/C18H35N5/c1-15(12-18(2,3)4)6-9-22-10-7-17(8-11-22)23-14-16(13-19-5)20-21-23/h14-15,17,19H,6-13H2,1-5H3. The van der Waals surface area contributed by atoms with Crippen LogP contribution >= 0.6 is 0 Å². The molecule has 0 bridgehead atoms. The van der Waals surface area contributed by atoms with E-state index in [-0.39, 0.29) is 0 Å². The summed E-state index contributed by atoms with van der Waals surface area (Å²) in [5.41, 5.74) is 1.48. The Bertz CT molecular complexity index is 454. The van der Waals surface area contributed by atoms with E-state index >= 15 is 0 Å². The second-order valence-electron chi connectivity index (χ2n) is 8.45. The van der Waals surface area contributed by atoms with Crippen LogP contribution in [0.1, 0.15) is 65.1 Å². The van der Waals surface area contributed by atoms with Crippen LogP contribution in [-0.4, -0.2) is 46.6 Å². The number of nitrogens with one attached hydrogen (secondary N) is 1. The molecular weight excluding hydrogens is 286 g/mol. The van der Waals surface area contributed by atoms with Crippen molar-refractivity contribution in [3.05, 3.63) is 11.9 Å². The normalized spacial score (nSPS) is 19.2. The van der Waals surface area contributed by atoms with Crippen LogP contribution in [0.5, 0.6) is 0 Å². The summed E-state index contributed by atoms with van der Waals surface area (Å²) >= 11 is 0. The highest BCUT2D eigenvalue weighted by Gasteiger charge is 2.22. The van der Waals surface area contributed by atoms with Crippen molar-refractivity contribution in [3.63, 3.8) is 0 Å². The molecule has 0 saturated carbocycles. The molecule has 1 aromatic heterocycles. The Hall–Kier alpha value is -0.940. The second-order valence-corrected chi connectivity index (χ2v) is 8.45. The summed E-state index contributed by atoms with van der Waals surface area (Å²) in [6, 6.07) is 0.524. The first-order valence-corrected chi connectivity index (χ1v) is 9.15. The predicted octanol–water partition coefficient (Wildman–Crippen LogP) is 3.10. The van der Waals surface area contributed by atoms with Crippen LogP contribution in [0.15, 0.2) is 6.20 Å². The third-order valence-corrected chi connectivity index (χ3v) is 4.75. The third-order valence-electron chi connectivity index (χ3n) is 4.75. The van der Waals surface area contributed by atoms with Gasteiger partial charge in [-0.1, -0.05) is 32.9 Å². The fourth-order valence-electron chi connectivity index (χ4n) is 3.71. The van der Waals surface area contributed by atoms with Gasteiger partial charge in [-0.3, -0.25) is 0 Å². The Morgan fingerprint density at radius 3 is 2.61 bits per heavy atom. The van der Waals surface area contributed by atoms with Gasteiger partial charge in [0, 0.05) is 19.6 Å². The first-order valence-electron chi connectivity index (χ1n) is 9.15. The minimum atomic E-state index is 0.449. The van der Waals surface area contributed by atoms with Gasteiger partial charge in [0.05, 0.1) is 17.9 Å². The van der Waals surface area contributed by atoms with Gasteiger partial charge < -0.3 is 10.2 Å². The van der Waals surface area contributed by atoms with Gasteiger partial charge in [-0.25, -0.2) is 4.68 Å². The van der Waals surface area contributed by atoms with E-state index in [4.69, 9.17) is 0 Å². The van der Waals surface area contributed by atoms with Gasteiger partial charge >= 0.3 is 0 Å². The summed E-state index contributed by atoms with van der Waals surface area (Å²) in [4.78, 5) is 2.63. The Morgan fingerprint density at radius 1 is 1.30 bits per heavy atom. The lowest BCUT2D eigenvalue weighted by Gasteiger charge is -2.33. The van der Waals surface area contributed by atoms with E-state index in [2.05, 4.69) is 59.1 Å². The van der Waals surface area contributed by atoms with Crippen molar-refractivity contribution < 1.29 is 0 Å². The lowest BCUT2D eigenvalue weighted by atomic mass is 9.84. The molecule has 1 unspecified atom stereocenters. The molecule has 0 radical (unpaired) electrons. The third kappa shape index (κ3) is 6.22. The van der Waals surface area contributed by atoms with E-state index in [1.807, 2.05) is 7.05 Å². The van der Waals surface area contributed by atoms with E-state index in [1.165, 1.54) is 45.3 Å².